The van der Waals surface area contributed by atoms with Crippen molar-refractivity contribution >= 4 is 29.9 Å². The predicted molar refractivity (Wildman–Crippen MR) is 111 cm³/mol. The number of aliphatic hydroxyl groups is 1. The summed E-state index contributed by atoms with van der Waals surface area (Å²) in [7, 11) is 0. The van der Waals surface area contributed by atoms with Gasteiger partial charge in [0, 0.05) is 25.3 Å². The Labute approximate surface area is 171 Å². The van der Waals surface area contributed by atoms with Crippen LogP contribution in [0, 0.1) is 5.92 Å². The molecule has 1 unspecified atom stereocenters. The fraction of sp³-hybridized carbons (Fsp3) is 0.611. The van der Waals surface area contributed by atoms with Crippen molar-refractivity contribution in [3.63, 3.8) is 0 Å². The first-order valence-electron chi connectivity index (χ1n) is 8.76. The minimum Gasteiger partial charge on any atom is -0.434 e. The fourth-order valence-corrected chi connectivity index (χ4v) is 2.53. The maximum atomic E-state index is 12.5. The van der Waals surface area contributed by atoms with Crippen molar-refractivity contribution in [2.24, 2.45) is 10.9 Å². The molecule has 0 fully saturated rings. The van der Waals surface area contributed by atoms with E-state index in [2.05, 4.69) is 27.3 Å². The first kappa shape index (κ1) is 24.8. The Hall–Kier alpha value is -1.16. The third-order valence-corrected chi connectivity index (χ3v) is 3.73. The van der Waals surface area contributed by atoms with Crippen LogP contribution < -0.4 is 15.4 Å². The molecular formula is C18H30F2IN3O2. The number of halogens is 3. The lowest BCUT2D eigenvalue weighted by molar-refractivity contribution is -0.0504. The standard InChI is InChI=1S/C18H29F2N3O2.HI/c1-3-7-14(10-11-24)12-22-18(21-4-2)23-13-15-8-5-6-9-16(15)25-17(19)20;/h5-6,8-9,14,17,24H,3-4,7,10-13H2,1-2H3,(H2,21,22,23);1H. The van der Waals surface area contributed by atoms with Crippen molar-refractivity contribution in [3.8, 4) is 5.75 Å². The van der Waals surface area contributed by atoms with Crippen molar-refractivity contribution in [1.29, 1.82) is 0 Å². The molecule has 0 aliphatic heterocycles. The normalized spacial score (nSPS) is 12.5. The first-order valence-corrected chi connectivity index (χ1v) is 8.76. The van der Waals surface area contributed by atoms with E-state index in [1.165, 1.54) is 6.07 Å². The maximum Gasteiger partial charge on any atom is 0.387 e. The lowest BCUT2D eigenvalue weighted by atomic mass is 10.0. The number of hydrogen-bond acceptors (Lipinski definition) is 3. The third-order valence-electron chi connectivity index (χ3n) is 3.73. The zero-order valence-corrected chi connectivity index (χ0v) is 17.7. The van der Waals surface area contributed by atoms with Crippen LogP contribution in [0.1, 0.15) is 38.7 Å². The molecule has 0 bridgehead atoms. The number of rotatable bonds is 11. The van der Waals surface area contributed by atoms with Crippen molar-refractivity contribution in [2.75, 3.05) is 19.7 Å². The molecular weight excluding hydrogens is 455 g/mol. The topological polar surface area (TPSA) is 65.9 Å². The highest BCUT2D eigenvalue weighted by Gasteiger charge is 2.10. The highest BCUT2D eigenvalue weighted by atomic mass is 127. The number of hydrogen-bond donors (Lipinski definition) is 3. The number of nitrogens with zero attached hydrogens (tertiary/aromatic N) is 1. The lowest BCUT2D eigenvalue weighted by Crippen LogP contribution is -2.40. The molecule has 5 nitrogen and oxygen atoms in total. The molecule has 0 spiro atoms. The van der Waals surface area contributed by atoms with Gasteiger partial charge in [-0.05, 0) is 31.7 Å². The van der Waals surface area contributed by atoms with E-state index in [1.54, 1.807) is 18.2 Å². The largest absolute Gasteiger partial charge is 0.434 e. The summed E-state index contributed by atoms with van der Waals surface area (Å²) in [6.07, 6.45) is 2.82. The smallest absolute Gasteiger partial charge is 0.387 e. The molecule has 3 N–H and O–H groups in total. The van der Waals surface area contributed by atoms with E-state index < -0.39 is 6.61 Å². The number of benzene rings is 1. The molecule has 0 aromatic heterocycles. The number of nitrogens with one attached hydrogen (secondary N) is 2. The molecule has 8 heteroatoms. The Balaban J connectivity index is 0.00000625. The second-order valence-corrected chi connectivity index (χ2v) is 5.73. The Morgan fingerprint density at radius 1 is 1.19 bits per heavy atom. The van der Waals surface area contributed by atoms with Gasteiger partial charge in [-0.3, -0.25) is 0 Å². The highest BCUT2D eigenvalue weighted by Crippen LogP contribution is 2.21. The minimum atomic E-state index is -2.86. The fourth-order valence-electron chi connectivity index (χ4n) is 2.53. The maximum absolute atomic E-state index is 12.5. The Morgan fingerprint density at radius 3 is 2.54 bits per heavy atom. The molecule has 0 radical (unpaired) electrons. The number of aliphatic imine (C=N–C) groups is 1. The van der Waals surface area contributed by atoms with Gasteiger partial charge in [0.1, 0.15) is 5.75 Å². The van der Waals surface area contributed by atoms with Gasteiger partial charge in [-0.25, -0.2) is 4.99 Å². The van der Waals surface area contributed by atoms with Gasteiger partial charge in [0.15, 0.2) is 5.96 Å². The van der Waals surface area contributed by atoms with Gasteiger partial charge in [0.05, 0.1) is 6.54 Å². The average molecular weight is 485 g/mol. The molecule has 150 valence electrons. The second-order valence-electron chi connectivity index (χ2n) is 5.73. The monoisotopic (exact) mass is 485 g/mol. The summed E-state index contributed by atoms with van der Waals surface area (Å²) in [6.45, 7) is 3.01. The summed E-state index contributed by atoms with van der Waals surface area (Å²) in [6, 6.07) is 6.65. The highest BCUT2D eigenvalue weighted by molar-refractivity contribution is 14.0. The van der Waals surface area contributed by atoms with Crippen LogP contribution >= 0.6 is 24.0 Å². The van der Waals surface area contributed by atoms with Gasteiger partial charge < -0.3 is 20.5 Å². The zero-order chi connectivity index (χ0) is 18.5. The third kappa shape index (κ3) is 10.1. The van der Waals surface area contributed by atoms with Gasteiger partial charge in [-0.1, -0.05) is 31.5 Å². The van der Waals surface area contributed by atoms with Crippen LogP contribution in [-0.2, 0) is 6.54 Å². The number of para-hydroxylation sites is 1. The summed E-state index contributed by atoms with van der Waals surface area (Å²) in [5.74, 6) is 1.13. The van der Waals surface area contributed by atoms with E-state index in [0.717, 1.165) is 19.3 Å². The van der Waals surface area contributed by atoms with Crippen molar-refractivity contribution in [3.05, 3.63) is 29.8 Å². The summed E-state index contributed by atoms with van der Waals surface area (Å²) >= 11 is 0. The molecule has 0 saturated carbocycles. The Morgan fingerprint density at radius 2 is 1.92 bits per heavy atom. The number of guanidine groups is 1. The molecule has 0 saturated heterocycles. The van der Waals surface area contributed by atoms with Crippen LogP contribution in [0.25, 0.3) is 0 Å². The van der Waals surface area contributed by atoms with E-state index in [1.807, 2.05) is 6.92 Å². The number of alkyl halides is 2. The summed E-state index contributed by atoms with van der Waals surface area (Å²) in [5.41, 5.74) is 0.598. The summed E-state index contributed by atoms with van der Waals surface area (Å²) < 4.78 is 29.5. The number of ether oxygens (including phenoxy) is 1. The van der Waals surface area contributed by atoms with Crippen LogP contribution in [0.3, 0.4) is 0 Å². The van der Waals surface area contributed by atoms with E-state index in [4.69, 9.17) is 5.11 Å². The first-order chi connectivity index (χ1) is 12.1. The van der Waals surface area contributed by atoms with Crippen LogP contribution in [0.15, 0.2) is 29.3 Å². The van der Waals surface area contributed by atoms with E-state index in [9.17, 15) is 8.78 Å². The molecule has 0 aliphatic carbocycles. The average Bonchev–Trinajstić information content (AvgIpc) is 2.58. The molecule has 0 heterocycles. The van der Waals surface area contributed by atoms with E-state index in [0.29, 0.717) is 30.5 Å². The molecule has 1 atom stereocenters. The number of aliphatic hydroxyl groups excluding tert-OH is 1. The van der Waals surface area contributed by atoms with Crippen molar-refractivity contribution < 1.29 is 18.6 Å². The van der Waals surface area contributed by atoms with Gasteiger partial charge in [-0.2, -0.15) is 8.78 Å². The van der Waals surface area contributed by atoms with Crippen LogP contribution in [-0.4, -0.2) is 37.4 Å². The molecule has 1 aromatic rings. The summed E-state index contributed by atoms with van der Waals surface area (Å²) in [4.78, 5) is 4.45. The van der Waals surface area contributed by atoms with Gasteiger partial charge in [0.2, 0.25) is 0 Å². The van der Waals surface area contributed by atoms with E-state index >= 15 is 0 Å². The van der Waals surface area contributed by atoms with Crippen LogP contribution in [0.5, 0.6) is 5.75 Å². The zero-order valence-electron chi connectivity index (χ0n) is 15.4. The predicted octanol–water partition coefficient (Wildman–Crippen LogP) is 3.76. The molecule has 1 aromatic carbocycles. The van der Waals surface area contributed by atoms with Crippen molar-refractivity contribution in [1.82, 2.24) is 10.6 Å². The Bertz CT molecular complexity index is 513. The van der Waals surface area contributed by atoms with E-state index in [-0.39, 0.29) is 42.9 Å². The van der Waals surface area contributed by atoms with Gasteiger partial charge in [0.25, 0.3) is 0 Å². The van der Waals surface area contributed by atoms with Gasteiger partial charge in [-0.15, -0.1) is 24.0 Å². The Kier molecular flexibility index (Phi) is 14.3. The second kappa shape index (κ2) is 15.0. The quantitative estimate of drug-likeness (QED) is 0.254. The SMILES string of the molecule is CCCC(CCO)CNC(=NCc1ccccc1OC(F)F)NCC.I. The molecule has 0 aliphatic rings. The molecule has 1 rings (SSSR count). The summed E-state index contributed by atoms with van der Waals surface area (Å²) in [5, 5.41) is 15.5. The minimum absolute atomic E-state index is 0. The van der Waals surface area contributed by atoms with Crippen LogP contribution in [0.4, 0.5) is 8.78 Å². The van der Waals surface area contributed by atoms with Crippen molar-refractivity contribution in [2.45, 2.75) is 46.3 Å². The molecule has 0 amide bonds. The molecule has 26 heavy (non-hydrogen) atoms. The lowest BCUT2D eigenvalue weighted by Gasteiger charge is -2.18. The van der Waals surface area contributed by atoms with Crippen LogP contribution in [0.2, 0.25) is 0 Å². The van der Waals surface area contributed by atoms with Gasteiger partial charge >= 0.3 is 6.61 Å².